The van der Waals surface area contributed by atoms with E-state index < -0.39 is 5.97 Å². The second-order valence-corrected chi connectivity index (χ2v) is 2.75. The van der Waals surface area contributed by atoms with Crippen molar-refractivity contribution in [1.82, 2.24) is 0 Å². The Morgan fingerprint density at radius 2 is 1.80 bits per heavy atom. The van der Waals surface area contributed by atoms with E-state index in [0.717, 1.165) is 18.2 Å². The molecule has 0 aromatic heterocycles. The lowest BCUT2D eigenvalue weighted by atomic mass is 10.1. The van der Waals surface area contributed by atoms with Crippen molar-refractivity contribution in [3.63, 3.8) is 0 Å². The van der Waals surface area contributed by atoms with Crippen molar-refractivity contribution < 1.29 is 24.9 Å². The van der Waals surface area contributed by atoms with Crippen LogP contribution in [0, 0.1) is 0 Å². The highest BCUT2D eigenvalue weighted by atomic mass is 16.5. The molecule has 0 fully saturated rings. The fraction of sp³-hybridized carbons (Fsp3) is 0.100. The summed E-state index contributed by atoms with van der Waals surface area (Å²) in [6.45, 7) is 0. The van der Waals surface area contributed by atoms with E-state index in [1.54, 1.807) is 0 Å². The number of hydrogen-bond acceptors (Lipinski definition) is 5. The van der Waals surface area contributed by atoms with E-state index in [1.807, 2.05) is 0 Å². The number of benzene rings is 1. The van der Waals surface area contributed by atoms with E-state index in [4.69, 9.17) is 5.11 Å². The minimum atomic E-state index is -0.609. The van der Waals surface area contributed by atoms with Gasteiger partial charge in [-0.15, -0.1) is 0 Å². The van der Waals surface area contributed by atoms with E-state index in [2.05, 4.69) is 4.74 Å². The molecule has 0 spiro atoms. The molecule has 0 aliphatic rings. The Kier molecular flexibility index (Phi) is 3.17. The first-order valence-electron chi connectivity index (χ1n) is 4.05. The van der Waals surface area contributed by atoms with Gasteiger partial charge in [0.1, 0.15) is 17.2 Å². The van der Waals surface area contributed by atoms with Crippen LogP contribution in [0.15, 0.2) is 18.2 Å². The van der Waals surface area contributed by atoms with Gasteiger partial charge in [0.05, 0.1) is 12.7 Å². The summed E-state index contributed by atoms with van der Waals surface area (Å²) in [5.74, 6) is -1.53. The third-order valence-electron chi connectivity index (χ3n) is 1.71. The molecular weight excluding hydrogens is 200 g/mol. The van der Waals surface area contributed by atoms with E-state index in [9.17, 15) is 15.0 Å². The van der Waals surface area contributed by atoms with Crippen LogP contribution in [0.25, 0.3) is 6.08 Å². The zero-order chi connectivity index (χ0) is 11.4. The molecule has 5 nitrogen and oxygen atoms in total. The highest BCUT2D eigenvalue weighted by Gasteiger charge is 2.06. The summed E-state index contributed by atoms with van der Waals surface area (Å²) in [5.41, 5.74) is 0.0400. The molecule has 0 aliphatic heterocycles. The van der Waals surface area contributed by atoms with Gasteiger partial charge in [0, 0.05) is 18.2 Å². The van der Waals surface area contributed by atoms with Crippen molar-refractivity contribution in [3.8, 4) is 17.2 Å². The number of carbonyl (C=O) groups is 1. The predicted molar refractivity (Wildman–Crippen MR) is 52.5 cm³/mol. The highest BCUT2D eigenvalue weighted by molar-refractivity contribution is 5.88. The molecule has 0 heterocycles. The molecule has 0 amide bonds. The number of methoxy groups -OCH3 is 1. The number of ether oxygens (including phenoxy) is 1. The van der Waals surface area contributed by atoms with Gasteiger partial charge < -0.3 is 20.1 Å². The number of phenols is 3. The maximum atomic E-state index is 10.8. The summed E-state index contributed by atoms with van der Waals surface area (Å²) >= 11 is 0. The average Bonchev–Trinajstić information content (AvgIpc) is 2.15. The molecule has 0 saturated carbocycles. The van der Waals surface area contributed by atoms with Crippen LogP contribution >= 0.6 is 0 Å². The summed E-state index contributed by atoms with van der Waals surface area (Å²) in [4.78, 5) is 10.8. The Labute approximate surface area is 85.9 Å². The van der Waals surface area contributed by atoms with Gasteiger partial charge in [-0.1, -0.05) is 0 Å². The molecular formula is C10H10O5. The van der Waals surface area contributed by atoms with Crippen LogP contribution in [-0.4, -0.2) is 28.4 Å². The monoisotopic (exact) mass is 210 g/mol. The van der Waals surface area contributed by atoms with E-state index in [1.165, 1.54) is 13.2 Å². The first-order valence-corrected chi connectivity index (χ1v) is 4.05. The summed E-state index contributed by atoms with van der Waals surface area (Å²) in [7, 11) is 1.21. The highest BCUT2D eigenvalue weighted by Crippen LogP contribution is 2.32. The quantitative estimate of drug-likeness (QED) is 0.500. The van der Waals surface area contributed by atoms with Gasteiger partial charge >= 0.3 is 5.97 Å². The Balaban J connectivity index is 3.05. The number of rotatable bonds is 2. The second kappa shape index (κ2) is 4.36. The van der Waals surface area contributed by atoms with Gasteiger partial charge in [0.2, 0.25) is 0 Å². The number of esters is 1. The van der Waals surface area contributed by atoms with Gasteiger partial charge in [0.15, 0.2) is 0 Å². The first kappa shape index (κ1) is 10.9. The zero-order valence-corrected chi connectivity index (χ0v) is 7.97. The Morgan fingerprint density at radius 3 is 2.27 bits per heavy atom. The molecule has 3 N–H and O–H groups in total. The minimum absolute atomic E-state index is 0.0400. The summed E-state index contributed by atoms with van der Waals surface area (Å²) < 4.78 is 4.34. The third kappa shape index (κ3) is 2.63. The molecule has 0 atom stereocenters. The molecule has 0 bridgehead atoms. The zero-order valence-electron chi connectivity index (χ0n) is 7.97. The van der Waals surface area contributed by atoms with Crippen molar-refractivity contribution in [2.75, 3.05) is 7.11 Å². The van der Waals surface area contributed by atoms with E-state index >= 15 is 0 Å². The van der Waals surface area contributed by atoms with Crippen LogP contribution in [0.5, 0.6) is 17.2 Å². The number of hydrogen-bond donors (Lipinski definition) is 3. The van der Waals surface area contributed by atoms with Crippen LogP contribution < -0.4 is 0 Å². The van der Waals surface area contributed by atoms with Gasteiger partial charge in [-0.2, -0.15) is 0 Å². The Morgan fingerprint density at radius 1 is 1.27 bits per heavy atom. The van der Waals surface area contributed by atoms with Crippen LogP contribution in [0.4, 0.5) is 0 Å². The summed E-state index contributed by atoms with van der Waals surface area (Å²) in [5, 5.41) is 27.7. The molecule has 1 rings (SSSR count). The average molecular weight is 210 g/mol. The maximum absolute atomic E-state index is 10.8. The van der Waals surface area contributed by atoms with Crippen molar-refractivity contribution in [3.05, 3.63) is 23.8 Å². The number of phenolic OH excluding ortho intramolecular Hbond substituents is 3. The number of carbonyl (C=O) groups excluding carboxylic acids is 1. The Hall–Kier alpha value is -2.17. The molecule has 5 heteroatoms. The molecule has 1 aromatic carbocycles. The lowest BCUT2D eigenvalue weighted by Gasteiger charge is -2.03. The molecule has 0 saturated heterocycles. The minimum Gasteiger partial charge on any atom is -0.508 e. The molecule has 0 radical (unpaired) electrons. The summed E-state index contributed by atoms with van der Waals surface area (Å²) in [6.07, 6.45) is 2.24. The Bertz CT molecular complexity index is 385. The van der Waals surface area contributed by atoms with Crippen molar-refractivity contribution in [2.45, 2.75) is 0 Å². The van der Waals surface area contributed by atoms with Gasteiger partial charge in [-0.3, -0.25) is 0 Å². The topological polar surface area (TPSA) is 87.0 Å². The van der Waals surface area contributed by atoms with Crippen LogP contribution in [0.1, 0.15) is 5.56 Å². The lowest BCUT2D eigenvalue weighted by molar-refractivity contribution is -0.134. The normalized spacial score (nSPS) is 10.5. The lowest BCUT2D eigenvalue weighted by Crippen LogP contribution is -1.93. The first-order chi connectivity index (χ1) is 7.04. The third-order valence-corrected chi connectivity index (χ3v) is 1.71. The molecule has 15 heavy (non-hydrogen) atoms. The smallest absolute Gasteiger partial charge is 0.330 e. The van der Waals surface area contributed by atoms with Gasteiger partial charge in [-0.25, -0.2) is 4.79 Å². The fourth-order valence-electron chi connectivity index (χ4n) is 0.999. The maximum Gasteiger partial charge on any atom is 0.330 e. The predicted octanol–water partition coefficient (Wildman–Crippen LogP) is 0.990. The summed E-state index contributed by atoms with van der Waals surface area (Å²) in [6, 6.07) is 2.10. The van der Waals surface area contributed by atoms with Crippen molar-refractivity contribution in [1.29, 1.82) is 0 Å². The van der Waals surface area contributed by atoms with Gasteiger partial charge in [0.25, 0.3) is 0 Å². The second-order valence-electron chi connectivity index (χ2n) is 2.75. The van der Waals surface area contributed by atoms with E-state index in [0.29, 0.717) is 0 Å². The molecule has 0 aliphatic carbocycles. The van der Waals surface area contributed by atoms with Crippen molar-refractivity contribution >= 4 is 12.0 Å². The number of aromatic hydroxyl groups is 3. The fourth-order valence-corrected chi connectivity index (χ4v) is 0.999. The van der Waals surface area contributed by atoms with Crippen LogP contribution in [0.3, 0.4) is 0 Å². The van der Waals surface area contributed by atoms with Gasteiger partial charge in [-0.05, 0) is 6.08 Å². The standard InChI is InChI=1S/C10H10O5/c1-15-10(14)3-2-7-8(12)4-6(11)5-9(7)13/h2-5,11-13H,1H3. The van der Waals surface area contributed by atoms with E-state index in [-0.39, 0.29) is 22.8 Å². The SMILES string of the molecule is COC(=O)C=Cc1c(O)cc(O)cc1O. The van der Waals surface area contributed by atoms with Crippen molar-refractivity contribution in [2.24, 2.45) is 0 Å². The van der Waals surface area contributed by atoms with Crippen LogP contribution in [0.2, 0.25) is 0 Å². The molecule has 80 valence electrons. The largest absolute Gasteiger partial charge is 0.508 e. The molecule has 1 aromatic rings. The van der Waals surface area contributed by atoms with Crippen LogP contribution in [-0.2, 0) is 9.53 Å². The molecule has 0 unspecified atom stereocenters.